The molecule has 0 fully saturated rings. The molecule has 0 unspecified atom stereocenters. The number of nitrogens with one attached hydrogen (secondary N) is 1. The number of carbonyl (C=O) groups excluding carboxylic acids is 1. The van der Waals surface area contributed by atoms with Crippen molar-refractivity contribution < 1.29 is 9.72 Å². The Morgan fingerprint density at radius 1 is 1.09 bits per heavy atom. The number of carbonyl (C=O) groups is 1. The zero-order valence-electron chi connectivity index (χ0n) is 17.6. The second-order valence-corrected chi connectivity index (χ2v) is 7.42. The molecule has 0 saturated heterocycles. The third-order valence-corrected chi connectivity index (χ3v) is 5.21. The lowest BCUT2D eigenvalue weighted by Gasteiger charge is -2.07. The van der Waals surface area contributed by atoms with Crippen molar-refractivity contribution in [3.8, 4) is 0 Å². The summed E-state index contributed by atoms with van der Waals surface area (Å²) in [5, 5.41) is 21.3. The van der Waals surface area contributed by atoms with Crippen molar-refractivity contribution in [3.05, 3.63) is 105 Å². The van der Waals surface area contributed by atoms with E-state index in [-0.39, 0.29) is 11.7 Å². The predicted octanol–water partition coefficient (Wildman–Crippen LogP) is 4.46. The average Bonchev–Trinajstić information content (AvgIpc) is 3.18. The van der Waals surface area contributed by atoms with Gasteiger partial charge in [0.2, 0.25) is 0 Å². The van der Waals surface area contributed by atoms with E-state index in [1.54, 1.807) is 35.9 Å². The Hall–Kier alpha value is -4.33. The van der Waals surface area contributed by atoms with Crippen molar-refractivity contribution in [2.45, 2.75) is 20.4 Å². The van der Waals surface area contributed by atoms with Gasteiger partial charge in [-0.2, -0.15) is 9.78 Å². The molecule has 8 nitrogen and oxygen atoms in total. The van der Waals surface area contributed by atoms with E-state index in [1.807, 2.05) is 49.4 Å². The van der Waals surface area contributed by atoms with Crippen molar-refractivity contribution in [2.24, 2.45) is 5.10 Å². The van der Waals surface area contributed by atoms with Gasteiger partial charge in [-0.3, -0.25) is 4.79 Å². The standard InChI is InChI=1S/C24H21N5O3/c1-16-14-23(29(31)32)27-28(16)15-18-10-12-20(13-11-18)24(30)26-25-17(2)21-9-5-7-19-6-3-4-8-22(19)21/h3-14H,15H2,1-2H3,(H,26,30). The van der Waals surface area contributed by atoms with Crippen LogP contribution in [-0.2, 0) is 6.54 Å². The second-order valence-electron chi connectivity index (χ2n) is 7.42. The highest BCUT2D eigenvalue weighted by Gasteiger charge is 2.15. The smallest absolute Gasteiger partial charge is 0.358 e. The van der Waals surface area contributed by atoms with E-state index < -0.39 is 4.92 Å². The summed E-state index contributed by atoms with van der Waals surface area (Å²) < 4.78 is 1.56. The molecule has 4 rings (SSSR count). The van der Waals surface area contributed by atoms with E-state index in [2.05, 4.69) is 15.6 Å². The molecule has 0 atom stereocenters. The zero-order valence-corrected chi connectivity index (χ0v) is 17.6. The number of aromatic nitrogens is 2. The van der Waals surface area contributed by atoms with E-state index in [4.69, 9.17) is 0 Å². The molecule has 0 aliphatic heterocycles. The summed E-state index contributed by atoms with van der Waals surface area (Å²) >= 11 is 0. The quantitative estimate of drug-likeness (QED) is 0.279. The third kappa shape index (κ3) is 4.39. The van der Waals surface area contributed by atoms with Gasteiger partial charge in [0.05, 0.1) is 29.1 Å². The SMILES string of the molecule is CC(=NNC(=O)c1ccc(Cn2nc([N+](=O)[O-])cc2C)cc1)c1cccc2ccccc12. The first-order valence-corrected chi connectivity index (χ1v) is 10.0. The van der Waals surface area contributed by atoms with Crippen molar-refractivity contribution >= 4 is 28.2 Å². The molecule has 3 aromatic carbocycles. The van der Waals surface area contributed by atoms with Gasteiger partial charge in [0.15, 0.2) is 0 Å². The van der Waals surface area contributed by atoms with Gasteiger partial charge < -0.3 is 10.1 Å². The van der Waals surface area contributed by atoms with Crippen LogP contribution < -0.4 is 5.43 Å². The summed E-state index contributed by atoms with van der Waals surface area (Å²) in [7, 11) is 0. The average molecular weight is 427 g/mol. The van der Waals surface area contributed by atoms with Crippen LogP contribution in [0, 0.1) is 17.0 Å². The fraction of sp³-hybridized carbons (Fsp3) is 0.125. The number of hydrogen-bond acceptors (Lipinski definition) is 5. The number of nitro groups is 1. The Bertz CT molecular complexity index is 1330. The summed E-state index contributed by atoms with van der Waals surface area (Å²) in [5.74, 6) is -0.500. The molecule has 0 bridgehead atoms. The topological polar surface area (TPSA) is 102 Å². The van der Waals surface area contributed by atoms with Crippen LogP contribution in [0.3, 0.4) is 0 Å². The molecule has 0 spiro atoms. The van der Waals surface area contributed by atoms with Gasteiger partial charge in [0, 0.05) is 11.1 Å². The van der Waals surface area contributed by atoms with Crippen LogP contribution in [0.15, 0.2) is 77.9 Å². The summed E-state index contributed by atoms with van der Waals surface area (Å²) in [6.45, 7) is 3.99. The van der Waals surface area contributed by atoms with Crippen LogP contribution in [0.1, 0.15) is 34.1 Å². The van der Waals surface area contributed by atoms with E-state index >= 15 is 0 Å². The Balaban J connectivity index is 1.45. The fourth-order valence-corrected chi connectivity index (χ4v) is 3.48. The molecule has 0 aliphatic carbocycles. The van der Waals surface area contributed by atoms with Crippen molar-refractivity contribution in [2.75, 3.05) is 0 Å². The lowest BCUT2D eigenvalue weighted by atomic mass is 10.0. The van der Waals surface area contributed by atoms with E-state index in [9.17, 15) is 14.9 Å². The minimum Gasteiger partial charge on any atom is -0.358 e. The normalized spacial score (nSPS) is 11.5. The highest BCUT2D eigenvalue weighted by atomic mass is 16.6. The number of aryl methyl sites for hydroxylation is 1. The summed E-state index contributed by atoms with van der Waals surface area (Å²) in [6, 6.07) is 22.4. The molecular formula is C24H21N5O3. The molecule has 32 heavy (non-hydrogen) atoms. The lowest BCUT2D eigenvalue weighted by molar-refractivity contribution is -0.389. The highest BCUT2D eigenvalue weighted by molar-refractivity contribution is 6.10. The van der Waals surface area contributed by atoms with Crippen molar-refractivity contribution in [3.63, 3.8) is 0 Å². The molecule has 1 aromatic heterocycles. The number of fused-ring (bicyclic) bond motifs is 1. The first-order valence-electron chi connectivity index (χ1n) is 10.0. The fourth-order valence-electron chi connectivity index (χ4n) is 3.48. The summed E-state index contributed by atoms with van der Waals surface area (Å²) in [6.07, 6.45) is 0. The third-order valence-electron chi connectivity index (χ3n) is 5.21. The number of nitrogens with zero attached hydrogens (tertiary/aromatic N) is 4. The van der Waals surface area contributed by atoms with Crippen LogP contribution >= 0.6 is 0 Å². The van der Waals surface area contributed by atoms with Gasteiger partial charge in [-0.15, -0.1) is 0 Å². The van der Waals surface area contributed by atoms with E-state index in [0.29, 0.717) is 23.5 Å². The van der Waals surface area contributed by atoms with Gasteiger partial charge in [0.1, 0.15) is 0 Å². The number of rotatable bonds is 6. The van der Waals surface area contributed by atoms with Gasteiger partial charge in [-0.05, 0) is 47.2 Å². The molecule has 0 saturated carbocycles. The Kier molecular flexibility index (Phi) is 5.76. The molecular weight excluding hydrogens is 406 g/mol. The minimum absolute atomic E-state index is 0.182. The van der Waals surface area contributed by atoms with Gasteiger partial charge in [0.25, 0.3) is 5.91 Å². The van der Waals surface area contributed by atoms with Crippen LogP contribution in [0.5, 0.6) is 0 Å². The van der Waals surface area contributed by atoms with E-state index in [0.717, 1.165) is 21.9 Å². The zero-order chi connectivity index (χ0) is 22.7. The highest BCUT2D eigenvalue weighted by Crippen LogP contribution is 2.19. The Morgan fingerprint density at radius 3 is 2.53 bits per heavy atom. The molecule has 4 aromatic rings. The van der Waals surface area contributed by atoms with E-state index in [1.165, 1.54) is 6.07 Å². The largest absolute Gasteiger partial charge is 0.390 e. The molecule has 160 valence electrons. The monoisotopic (exact) mass is 427 g/mol. The van der Waals surface area contributed by atoms with Crippen LogP contribution in [0.4, 0.5) is 5.82 Å². The van der Waals surface area contributed by atoms with Gasteiger partial charge in [-0.1, -0.05) is 54.6 Å². The van der Waals surface area contributed by atoms with Crippen molar-refractivity contribution in [1.82, 2.24) is 15.2 Å². The maximum absolute atomic E-state index is 12.5. The number of amides is 1. The van der Waals surface area contributed by atoms with Crippen LogP contribution in [0.2, 0.25) is 0 Å². The number of benzene rings is 3. The molecule has 1 N–H and O–H groups in total. The van der Waals surface area contributed by atoms with Crippen molar-refractivity contribution in [1.29, 1.82) is 0 Å². The molecule has 0 radical (unpaired) electrons. The molecule has 0 aliphatic rings. The molecule has 1 heterocycles. The second kappa shape index (κ2) is 8.81. The number of hydrazone groups is 1. The van der Waals surface area contributed by atoms with Gasteiger partial charge in [-0.25, -0.2) is 5.43 Å². The number of hydrogen-bond donors (Lipinski definition) is 1. The first-order chi connectivity index (χ1) is 15.4. The first kappa shape index (κ1) is 20.9. The summed E-state index contributed by atoms with van der Waals surface area (Å²) in [5.41, 5.74) is 6.31. The summed E-state index contributed by atoms with van der Waals surface area (Å²) in [4.78, 5) is 22.9. The molecule has 8 heteroatoms. The van der Waals surface area contributed by atoms with Gasteiger partial charge >= 0.3 is 5.82 Å². The Labute approximate surface area is 184 Å². The Morgan fingerprint density at radius 2 is 1.81 bits per heavy atom. The predicted molar refractivity (Wildman–Crippen MR) is 123 cm³/mol. The van der Waals surface area contributed by atoms with Crippen LogP contribution in [-0.4, -0.2) is 26.3 Å². The maximum atomic E-state index is 12.5. The minimum atomic E-state index is -0.516. The van der Waals surface area contributed by atoms with Crippen LogP contribution in [0.25, 0.3) is 10.8 Å². The molecule has 1 amide bonds. The maximum Gasteiger partial charge on any atom is 0.390 e. The lowest BCUT2D eigenvalue weighted by Crippen LogP contribution is -2.19.